The van der Waals surface area contributed by atoms with Crippen molar-refractivity contribution in [1.29, 1.82) is 0 Å². The number of aliphatic hydroxyl groups is 2. The number of quaternary nitrogens is 1. The van der Waals surface area contributed by atoms with Crippen LogP contribution in [0.3, 0.4) is 0 Å². The van der Waals surface area contributed by atoms with Gasteiger partial charge in [-0.1, -0.05) is 0 Å². The van der Waals surface area contributed by atoms with Gasteiger partial charge in [0, 0.05) is 45.8 Å². The van der Waals surface area contributed by atoms with Crippen molar-refractivity contribution < 1.29 is 29.8 Å². The van der Waals surface area contributed by atoms with Gasteiger partial charge in [-0.25, -0.2) is 0 Å². The summed E-state index contributed by atoms with van der Waals surface area (Å²) < 4.78 is 11.4. The lowest BCUT2D eigenvalue weighted by molar-refractivity contribution is -0.717. The van der Waals surface area contributed by atoms with Crippen LogP contribution in [0, 0.1) is 0 Å². The van der Waals surface area contributed by atoms with Gasteiger partial charge in [-0.05, 0) is 25.7 Å². The molecule has 4 saturated heterocycles. The zero-order chi connectivity index (χ0) is 20.2. The van der Waals surface area contributed by atoms with Crippen LogP contribution in [-0.4, -0.2) is 115 Å². The predicted molar refractivity (Wildman–Crippen MR) is 105 cm³/mol. The zero-order valence-electron chi connectivity index (χ0n) is 17.2. The number of nitrogens with one attached hydrogen (secondary N) is 1. The normalized spacial score (nSPS) is 39.7. The van der Waals surface area contributed by atoms with Gasteiger partial charge >= 0.3 is 0 Å². The van der Waals surface area contributed by atoms with Crippen LogP contribution in [0.25, 0.3) is 0 Å². The second-order valence-electron chi connectivity index (χ2n) is 8.78. The summed E-state index contributed by atoms with van der Waals surface area (Å²) in [6.45, 7) is 5.64. The van der Waals surface area contributed by atoms with E-state index in [9.17, 15) is 15.0 Å². The summed E-state index contributed by atoms with van der Waals surface area (Å²) in [4.78, 5) is 17.1. The maximum Gasteiger partial charge on any atom is 0.249 e. The van der Waals surface area contributed by atoms with Crippen molar-refractivity contribution >= 4 is 5.91 Å². The van der Waals surface area contributed by atoms with E-state index < -0.39 is 12.2 Å². The summed E-state index contributed by atoms with van der Waals surface area (Å²) in [6.07, 6.45) is 4.06. The maximum absolute atomic E-state index is 12.3. The quantitative estimate of drug-likeness (QED) is 0.380. The standard InChI is InChI=1S/C20H36N4O5/c25-13-16-19(26)18(15(29-16)12-22-20(27)14-4-3-11-28-14)24-9-7-23(8-10-24)17-5-1-2-6-21-17/h14-19,21,25-26H,1-13H2,(H,22,27)/p+1. The van der Waals surface area contributed by atoms with E-state index in [4.69, 9.17) is 9.47 Å². The number of amides is 1. The molecule has 0 spiro atoms. The van der Waals surface area contributed by atoms with Crippen LogP contribution >= 0.6 is 0 Å². The molecule has 166 valence electrons. The topological polar surface area (TPSA) is 111 Å². The number of piperazine rings is 1. The number of carbonyl (C=O) groups excluding carboxylic acids is 1. The van der Waals surface area contributed by atoms with Gasteiger partial charge in [0.15, 0.2) is 0 Å². The highest BCUT2D eigenvalue weighted by atomic mass is 16.5. The molecule has 0 saturated carbocycles. The smallest absolute Gasteiger partial charge is 0.249 e. The number of hydrogen-bond donors (Lipinski definition) is 4. The Hall–Kier alpha value is -0.810. The molecule has 4 fully saturated rings. The predicted octanol–water partition coefficient (Wildman–Crippen LogP) is -2.54. The molecule has 6 atom stereocenters. The van der Waals surface area contributed by atoms with Crippen LogP contribution in [0.4, 0.5) is 0 Å². The van der Waals surface area contributed by atoms with Crippen LogP contribution < -0.4 is 10.6 Å². The Bertz CT molecular complexity index is 533. The highest BCUT2D eigenvalue weighted by Crippen LogP contribution is 2.27. The molecule has 0 aliphatic carbocycles. The Morgan fingerprint density at radius 2 is 1.86 bits per heavy atom. The molecule has 0 bridgehead atoms. The van der Waals surface area contributed by atoms with E-state index in [-0.39, 0.29) is 30.8 Å². The Morgan fingerprint density at radius 3 is 2.52 bits per heavy atom. The lowest BCUT2D eigenvalue weighted by atomic mass is 10.0. The van der Waals surface area contributed by atoms with Gasteiger partial charge in [-0.2, -0.15) is 0 Å². The third kappa shape index (κ3) is 4.92. The first-order chi connectivity index (χ1) is 14.2. The fraction of sp³-hybridized carbons (Fsp3) is 0.950. The van der Waals surface area contributed by atoms with Crippen molar-refractivity contribution in [3.63, 3.8) is 0 Å². The van der Waals surface area contributed by atoms with Crippen LogP contribution in [0.1, 0.15) is 32.1 Å². The third-order valence-corrected chi connectivity index (χ3v) is 6.97. The molecule has 0 aromatic rings. The van der Waals surface area contributed by atoms with Gasteiger partial charge in [-0.15, -0.1) is 0 Å². The molecule has 1 amide bonds. The Kier molecular flexibility index (Phi) is 7.39. The van der Waals surface area contributed by atoms with Crippen molar-refractivity contribution in [3.8, 4) is 0 Å². The molecule has 4 aliphatic heterocycles. The summed E-state index contributed by atoms with van der Waals surface area (Å²) in [6, 6.07) is -0.213. The van der Waals surface area contributed by atoms with E-state index in [0.29, 0.717) is 19.3 Å². The van der Waals surface area contributed by atoms with E-state index in [1.165, 1.54) is 25.8 Å². The fourth-order valence-corrected chi connectivity index (χ4v) is 5.32. The van der Waals surface area contributed by atoms with Gasteiger partial charge in [0.2, 0.25) is 5.91 Å². The lowest BCUT2D eigenvalue weighted by Crippen LogP contribution is -2.95. The molecule has 4 aliphatic rings. The number of rotatable bonds is 6. The highest BCUT2D eigenvalue weighted by Gasteiger charge is 2.47. The van der Waals surface area contributed by atoms with E-state index in [0.717, 1.165) is 39.0 Å². The average Bonchev–Trinajstić information content (AvgIpc) is 3.41. The Morgan fingerprint density at radius 1 is 1.07 bits per heavy atom. The van der Waals surface area contributed by atoms with Crippen molar-refractivity contribution in [3.05, 3.63) is 0 Å². The largest absolute Gasteiger partial charge is 0.394 e. The molecule has 0 aromatic heterocycles. The lowest BCUT2D eigenvalue weighted by Gasteiger charge is -2.42. The van der Waals surface area contributed by atoms with Crippen molar-refractivity contribution in [2.45, 2.75) is 68.7 Å². The number of ether oxygens (including phenoxy) is 2. The van der Waals surface area contributed by atoms with Gasteiger partial charge in [0.25, 0.3) is 0 Å². The van der Waals surface area contributed by atoms with E-state index >= 15 is 0 Å². The first kappa shape index (κ1) is 21.4. The van der Waals surface area contributed by atoms with Crippen molar-refractivity contribution in [1.82, 2.24) is 15.1 Å². The number of hydrogen-bond acceptors (Lipinski definition) is 7. The Balaban J connectivity index is 1.32. The van der Waals surface area contributed by atoms with Crippen LogP contribution in [0.15, 0.2) is 0 Å². The monoisotopic (exact) mass is 413 g/mol. The van der Waals surface area contributed by atoms with E-state index in [2.05, 4.69) is 20.4 Å². The second-order valence-corrected chi connectivity index (χ2v) is 8.78. The minimum absolute atomic E-state index is 0.107. The average molecular weight is 414 g/mol. The summed E-state index contributed by atoms with van der Waals surface area (Å²) in [5, 5.41) is 25.8. The Labute approximate surface area is 172 Å². The summed E-state index contributed by atoms with van der Waals surface area (Å²) in [7, 11) is 0. The SMILES string of the molecule is O=C(NCC1OC(CO)C(O)C1N1CCN(C2CCCC[NH2+]2)CC1)C1CCCO1. The van der Waals surface area contributed by atoms with Crippen molar-refractivity contribution in [2.75, 3.05) is 52.5 Å². The number of nitrogens with zero attached hydrogens (tertiary/aromatic N) is 2. The zero-order valence-corrected chi connectivity index (χ0v) is 17.2. The molecule has 0 aromatic carbocycles. The number of aliphatic hydroxyl groups excluding tert-OH is 2. The first-order valence-corrected chi connectivity index (χ1v) is 11.3. The minimum atomic E-state index is -0.752. The van der Waals surface area contributed by atoms with Crippen LogP contribution in [-0.2, 0) is 14.3 Å². The molecule has 6 unspecified atom stereocenters. The summed E-state index contributed by atoms with van der Waals surface area (Å²) >= 11 is 0. The maximum atomic E-state index is 12.3. The number of nitrogens with two attached hydrogens (primary N) is 1. The van der Waals surface area contributed by atoms with E-state index in [1.54, 1.807) is 0 Å². The molecule has 4 rings (SSSR count). The van der Waals surface area contributed by atoms with Crippen LogP contribution in [0.2, 0.25) is 0 Å². The molecule has 9 nitrogen and oxygen atoms in total. The molecular formula is C20H37N4O5+. The second kappa shape index (κ2) is 10.00. The number of carbonyl (C=O) groups is 1. The molecule has 9 heteroatoms. The number of piperidine rings is 1. The minimum Gasteiger partial charge on any atom is -0.394 e. The fourth-order valence-electron chi connectivity index (χ4n) is 5.32. The first-order valence-electron chi connectivity index (χ1n) is 11.3. The van der Waals surface area contributed by atoms with Gasteiger partial charge in [0.1, 0.15) is 24.5 Å². The summed E-state index contributed by atoms with van der Waals surface area (Å²) in [5.74, 6) is -0.107. The highest BCUT2D eigenvalue weighted by molar-refractivity contribution is 5.80. The third-order valence-electron chi connectivity index (χ3n) is 6.97. The van der Waals surface area contributed by atoms with Gasteiger partial charge in [-0.3, -0.25) is 14.6 Å². The van der Waals surface area contributed by atoms with Gasteiger partial charge in [0.05, 0.1) is 25.3 Å². The molecule has 5 N–H and O–H groups in total. The van der Waals surface area contributed by atoms with E-state index in [1.807, 2.05) is 0 Å². The molecule has 0 radical (unpaired) electrons. The van der Waals surface area contributed by atoms with Gasteiger partial charge < -0.3 is 30.3 Å². The molecule has 4 heterocycles. The summed E-state index contributed by atoms with van der Waals surface area (Å²) in [5.41, 5.74) is 0. The van der Waals surface area contributed by atoms with Crippen molar-refractivity contribution in [2.24, 2.45) is 0 Å². The molecule has 29 heavy (non-hydrogen) atoms. The van der Waals surface area contributed by atoms with Crippen LogP contribution in [0.5, 0.6) is 0 Å². The molecular weight excluding hydrogens is 376 g/mol.